The number of fused-ring (bicyclic) bond motifs is 1. The minimum Gasteiger partial charge on any atom is -0.387 e. The summed E-state index contributed by atoms with van der Waals surface area (Å²) in [6.07, 6.45) is 1.42. The van der Waals surface area contributed by atoms with Gasteiger partial charge >= 0.3 is 0 Å². The lowest BCUT2D eigenvalue weighted by Gasteiger charge is -2.27. The third-order valence-electron chi connectivity index (χ3n) is 2.90. The molecule has 0 aliphatic rings. The summed E-state index contributed by atoms with van der Waals surface area (Å²) in [6, 6.07) is 0. The number of likely N-dealkylation sites (N-methyl/N-ethyl adjacent to an activating group) is 1. The Morgan fingerprint density at radius 3 is 2.85 bits per heavy atom. The summed E-state index contributed by atoms with van der Waals surface area (Å²) in [7, 11) is 3.83. The molecule has 1 unspecified atom stereocenters. The van der Waals surface area contributed by atoms with Crippen LogP contribution in [0.5, 0.6) is 0 Å². The van der Waals surface area contributed by atoms with Crippen molar-refractivity contribution in [3.8, 4) is 0 Å². The minimum atomic E-state index is -0.876. The molecule has 0 bridgehead atoms. The van der Waals surface area contributed by atoms with Crippen molar-refractivity contribution in [1.29, 1.82) is 0 Å². The maximum Gasteiger partial charge on any atom is 0.255 e. The quantitative estimate of drug-likeness (QED) is 0.796. The van der Waals surface area contributed by atoms with Crippen molar-refractivity contribution in [3.05, 3.63) is 17.0 Å². The number of hydrogen-bond donors (Lipinski definition) is 2. The fourth-order valence-electron chi connectivity index (χ4n) is 2.12. The first kappa shape index (κ1) is 15.0. The van der Waals surface area contributed by atoms with Crippen molar-refractivity contribution in [3.63, 3.8) is 0 Å². The van der Waals surface area contributed by atoms with E-state index < -0.39 is 5.60 Å². The van der Waals surface area contributed by atoms with Gasteiger partial charge in [-0.3, -0.25) is 0 Å². The van der Waals surface area contributed by atoms with Gasteiger partial charge in [0.2, 0.25) is 0 Å². The first-order chi connectivity index (χ1) is 9.30. The molecule has 2 heterocycles. The van der Waals surface area contributed by atoms with Crippen LogP contribution in [-0.4, -0.2) is 62.4 Å². The molecule has 0 saturated carbocycles. The van der Waals surface area contributed by atoms with E-state index in [1.165, 1.54) is 6.33 Å². The standard InChI is InChI=1S/C12H19ClN6O/c1-8-9(13)17-11-15-7-16-19(11)10(8)14-5-12(2,20)6-18(3)4/h7,14,20H,5-6H2,1-4H3. The second-order valence-electron chi connectivity index (χ2n) is 5.44. The Balaban J connectivity index is 2.25. The van der Waals surface area contributed by atoms with Crippen LogP contribution in [0, 0.1) is 6.92 Å². The van der Waals surface area contributed by atoms with E-state index in [9.17, 15) is 5.11 Å². The highest BCUT2D eigenvalue weighted by Crippen LogP contribution is 2.22. The van der Waals surface area contributed by atoms with Crippen LogP contribution in [0.3, 0.4) is 0 Å². The molecular formula is C12H19ClN6O. The van der Waals surface area contributed by atoms with Crippen LogP contribution < -0.4 is 5.32 Å². The van der Waals surface area contributed by atoms with E-state index in [1.807, 2.05) is 25.9 Å². The molecule has 0 aromatic carbocycles. The van der Waals surface area contributed by atoms with Crippen molar-refractivity contribution in [1.82, 2.24) is 24.5 Å². The summed E-state index contributed by atoms with van der Waals surface area (Å²) < 4.78 is 1.58. The number of nitrogens with zero attached hydrogens (tertiary/aromatic N) is 5. The van der Waals surface area contributed by atoms with Gasteiger partial charge in [-0.05, 0) is 27.9 Å². The highest BCUT2D eigenvalue weighted by molar-refractivity contribution is 6.30. The second-order valence-corrected chi connectivity index (χ2v) is 5.79. The summed E-state index contributed by atoms with van der Waals surface area (Å²) in [5.41, 5.74) is -0.108. The van der Waals surface area contributed by atoms with Gasteiger partial charge in [0.25, 0.3) is 5.78 Å². The molecule has 0 aliphatic heterocycles. The Labute approximate surface area is 122 Å². The zero-order chi connectivity index (χ0) is 14.9. The lowest BCUT2D eigenvalue weighted by atomic mass is 10.1. The van der Waals surface area contributed by atoms with Crippen LogP contribution in [-0.2, 0) is 0 Å². The van der Waals surface area contributed by atoms with E-state index in [2.05, 4.69) is 20.4 Å². The fraction of sp³-hybridized carbons (Fsp3) is 0.583. The first-order valence-electron chi connectivity index (χ1n) is 6.27. The van der Waals surface area contributed by atoms with Gasteiger partial charge in [0.15, 0.2) is 0 Å². The molecule has 0 saturated heterocycles. The molecule has 0 radical (unpaired) electrons. The van der Waals surface area contributed by atoms with Crippen LogP contribution in [0.25, 0.3) is 5.78 Å². The molecule has 2 rings (SSSR count). The molecule has 0 spiro atoms. The molecule has 7 nitrogen and oxygen atoms in total. The maximum absolute atomic E-state index is 10.3. The predicted octanol–water partition coefficient (Wildman–Crippen LogP) is 0.811. The van der Waals surface area contributed by atoms with Crippen LogP contribution >= 0.6 is 11.6 Å². The van der Waals surface area contributed by atoms with Gasteiger partial charge in [-0.2, -0.15) is 19.6 Å². The van der Waals surface area contributed by atoms with E-state index >= 15 is 0 Å². The van der Waals surface area contributed by atoms with E-state index in [4.69, 9.17) is 11.6 Å². The lowest BCUT2D eigenvalue weighted by Crippen LogP contribution is -2.43. The van der Waals surface area contributed by atoms with Crippen LogP contribution in [0.2, 0.25) is 5.15 Å². The summed E-state index contributed by atoms with van der Waals surface area (Å²) in [5, 5.41) is 18.0. The summed E-state index contributed by atoms with van der Waals surface area (Å²) in [6.45, 7) is 4.52. The third kappa shape index (κ3) is 3.17. The van der Waals surface area contributed by atoms with Crippen molar-refractivity contribution >= 4 is 23.2 Å². The Morgan fingerprint density at radius 1 is 1.50 bits per heavy atom. The molecule has 1 atom stereocenters. The molecular weight excluding hydrogens is 280 g/mol. The molecule has 110 valence electrons. The van der Waals surface area contributed by atoms with Gasteiger partial charge in [-0.25, -0.2) is 0 Å². The highest BCUT2D eigenvalue weighted by Gasteiger charge is 2.22. The third-order valence-corrected chi connectivity index (χ3v) is 3.27. The Hall–Kier alpha value is -1.44. The highest BCUT2D eigenvalue weighted by atomic mass is 35.5. The van der Waals surface area contributed by atoms with E-state index in [0.717, 1.165) is 5.56 Å². The summed E-state index contributed by atoms with van der Waals surface area (Å²) in [4.78, 5) is 10.1. The number of hydrogen-bond acceptors (Lipinski definition) is 6. The first-order valence-corrected chi connectivity index (χ1v) is 6.65. The zero-order valence-electron chi connectivity index (χ0n) is 12.1. The number of halogens is 1. The van der Waals surface area contributed by atoms with Gasteiger partial charge < -0.3 is 15.3 Å². The number of rotatable bonds is 5. The number of nitrogens with one attached hydrogen (secondary N) is 1. The molecule has 2 aromatic heterocycles. The van der Waals surface area contributed by atoms with Gasteiger partial charge in [-0.1, -0.05) is 11.6 Å². The van der Waals surface area contributed by atoms with E-state index in [-0.39, 0.29) is 0 Å². The Morgan fingerprint density at radius 2 is 2.20 bits per heavy atom. The van der Waals surface area contributed by atoms with E-state index in [0.29, 0.717) is 29.8 Å². The lowest BCUT2D eigenvalue weighted by molar-refractivity contribution is 0.0458. The van der Waals surface area contributed by atoms with Crippen LogP contribution in [0.4, 0.5) is 5.82 Å². The average molecular weight is 299 g/mol. The molecule has 2 N–H and O–H groups in total. The van der Waals surface area contributed by atoms with Crippen molar-refractivity contribution in [2.45, 2.75) is 19.4 Å². The van der Waals surface area contributed by atoms with Crippen LogP contribution in [0.1, 0.15) is 12.5 Å². The number of aliphatic hydroxyl groups is 1. The van der Waals surface area contributed by atoms with Gasteiger partial charge in [0.1, 0.15) is 17.3 Å². The molecule has 20 heavy (non-hydrogen) atoms. The van der Waals surface area contributed by atoms with Crippen molar-refractivity contribution < 1.29 is 5.11 Å². The monoisotopic (exact) mass is 298 g/mol. The maximum atomic E-state index is 10.3. The molecule has 0 fully saturated rings. The van der Waals surface area contributed by atoms with Crippen LogP contribution in [0.15, 0.2) is 6.33 Å². The van der Waals surface area contributed by atoms with Gasteiger partial charge in [0.05, 0.1) is 5.60 Å². The Kier molecular flexibility index (Phi) is 4.12. The van der Waals surface area contributed by atoms with Crippen molar-refractivity contribution in [2.75, 3.05) is 32.5 Å². The zero-order valence-corrected chi connectivity index (χ0v) is 12.8. The number of anilines is 1. The normalized spacial score (nSPS) is 14.8. The summed E-state index contributed by atoms with van der Waals surface area (Å²) >= 11 is 6.08. The van der Waals surface area contributed by atoms with Crippen molar-refractivity contribution in [2.24, 2.45) is 0 Å². The van der Waals surface area contributed by atoms with Gasteiger partial charge in [-0.15, -0.1) is 0 Å². The van der Waals surface area contributed by atoms with E-state index in [1.54, 1.807) is 11.4 Å². The summed E-state index contributed by atoms with van der Waals surface area (Å²) in [5.74, 6) is 1.12. The second kappa shape index (κ2) is 5.51. The minimum absolute atomic E-state index is 0.362. The molecule has 0 amide bonds. The predicted molar refractivity (Wildman–Crippen MR) is 78.2 cm³/mol. The Bertz CT molecular complexity index is 609. The van der Waals surface area contributed by atoms with Gasteiger partial charge in [0, 0.05) is 18.7 Å². The number of aromatic nitrogens is 4. The molecule has 2 aromatic rings. The SMILES string of the molecule is Cc1c(Cl)nc2ncnn2c1NCC(C)(O)CN(C)C. The topological polar surface area (TPSA) is 78.6 Å². The fourth-order valence-corrected chi connectivity index (χ4v) is 2.28. The largest absolute Gasteiger partial charge is 0.387 e. The molecule has 0 aliphatic carbocycles. The smallest absolute Gasteiger partial charge is 0.255 e. The molecule has 8 heteroatoms. The average Bonchev–Trinajstić information content (AvgIpc) is 2.75.